The number of hydrogen-bond donors (Lipinski definition) is 1. The lowest BCUT2D eigenvalue weighted by Crippen LogP contribution is -2.25. The van der Waals surface area contributed by atoms with Crippen LogP contribution in [0, 0.1) is 0 Å². The summed E-state index contributed by atoms with van der Waals surface area (Å²) in [5.41, 5.74) is 3.29. The van der Waals surface area contributed by atoms with Gasteiger partial charge in [-0.1, -0.05) is 48.5 Å². The van der Waals surface area contributed by atoms with Gasteiger partial charge >= 0.3 is 0 Å². The number of para-hydroxylation sites is 2. The van der Waals surface area contributed by atoms with E-state index in [1.165, 1.54) is 0 Å². The molecule has 1 aliphatic carbocycles. The predicted octanol–water partition coefficient (Wildman–Crippen LogP) is 4.55. The molecule has 2 aliphatic rings. The minimum atomic E-state index is -0.457. The van der Waals surface area contributed by atoms with Gasteiger partial charge in [0, 0.05) is 22.4 Å². The fourth-order valence-corrected chi connectivity index (χ4v) is 4.09. The van der Waals surface area contributed by atoms with Gasteiger partial charge < -0.3 is 10.1 Å². The Morgan fingerprint density at radius 1 is 0.935 bits per heavy atom. The molecule has 1 aromatic heterocycles. The average Bonchev–Trinajstić information content (AvgIpc) is 3.53. The summed E-state index contributed by atoms with van der Waals surface area (Å²) in [7, 11) is 0. The van der Waals surface area contributed by atoms with Crippen LogP contribution in [0.2, 0.25) is 0 Å². The highest BCUT2D eigenvalue weighted by atomic mass is 16.5. The van der Waals surface area contributed by atoms with E-state index >= 15 is 0 Å². The number of tetrazole rings is 1. The van der Waals surface area contributed by atoms with E-state index in [9.17, 15) is 4.79 Å². The smallest absolute Gasteiger partial charge is 0.236 e. The molecule has 0 saturated heterocycles. The predicted molar refractivity (Wildman–Crippen MR) is 115 cm³/mol. The zero-order valence-corrected chi connectivity index (χ0v) is 16.6. The van der Waals surface area contributed by atoms with Gasteiger partial charge in [-0.2, -0.15) is 0 Å². The molecule has 3 aromatic carbocycles. The Morgan fingerprint density at radius 2 is 1.65 bits per heavy atom. The van der Waals surface area contributed by atoms with Gasteiger partial charge in [-0.25, -0.2) is 4.68 Å². The molecule has 0 bridgehead atoms. The number of anilines is 1. The van der Waals surface area contributed by atoms with Gasteiger partial charge in [-0.15, -0.1) is 5.10 Å². The van der Waals surface area contributed by atoms with E-state index in [4.69, 9.17) is 4.74 Å². The van der Waals surface area contributed by atoms with Crippen LogP contribution in [0.25, 0.3) is 11.4 Å². The van der Waals surface area contributed by atoms with Crippen molar-refractivity contribution in [2.75, 3.05) is 5.32 Å². The second-order valence-corrected chi connectivity index (χ2v) is 7.86. The summed E-state index contributed by atoms with van der Waals surface area (Å²) in [4.78, 5) is 13.5. The van der Waals surface area contributed by atoms with Crippen molar-refractivity contribution in [3.63, 3.8) is 0 Å². The summed E-state index contributed by atoms with van der Waals surface area (Å²) in [5, 5.41) is 15.2. The molecular formula is C24H19N5O2. The Morgan fingerprint density at radius 3 is 2.35 bits per heavy atom. The molecule has 7 heteroatoms. The van der Waals surface area contributed by atoms with Crippen molar-refractivity contribution < 1.29 is 9.53 Å². The van der Waals surface area contributed by atoms with Crippen LogP contribution >= 0.6 is 0 Å². The lowest BCUT2D eigenvalue weighted by molar-refractivity contribution is -0.116. The van der Waals surface area contributed by atoms with Crippen molar-refractivity contribution in [3.8, 4) is 22.9 Å². The highest BCUT2D eigenvalue weighted by Crippen LogP contribution is 2.44. The lowest BCUT2D eigenvalue weighted by atomic mass is 9.87. The molecule has 1 N–H and O–H groups in total. The molecule has 31 heavy (non-hydrogen) atoms. The van der Waals surface area contributed by atoms with Crippen molar-refractivity contribution >= 4 is 11.6 Å². The molecule has 2 heterocycles. The van der Waals surface area contributed by atoms with Gasteiger partial charge in [0.2, 0.25) is 5.91 Å². The van der Waals surface area contributed by atoms with E-state index < -0.39 is 5.92 Å². The van der Waals surface area contributed by atoms with Crippen molar-refractivity contribution in [2.24, 2.45) is 0 Å². The Balaban J connectivity index is 1.34. The number of hydrogen-bond acceptors (Lipinski definition) is 5. The third-order valence-electron chi connectivity index (χ3n) is 5.72. The third kappa shape index (κ3) is 3.15. The molecule has 1 fully saturated rings. The first-order valence-corrected chi connectivity index (χ1v) is 10.3. The fraction of sp³-hybridized carbons (Fsp3) is 0.167. The first-order valence-electron chi connectivity index (χ1n) is 10.3. The molecule has 0 spiro atoms. The largest absolute Gasteiger partial charge is 0.457 e. The summed E-state index contributed by atoms with van der Waals surface area (Å²) in [6, 6.07) is 23.4. The molecule has 1 saturated carbocycles. The molecule has 4 aromatic rings. The first kappa shape index (κ1) is 17.8. The maximum absolute atomic E-state index is 13.5. The van der Waals surface area contributed by atoms with Crippen molar-refractivity contribution in [1.29, 1.82) is 0 Å². The summed E-state index contributed by atoms with van der Waals surface area (Å²) < 4.78 is 7.88. The number of ether oxygens (including phenoxy) is 1. The number of amides is 1. The molecule has 0 unspecified atom stereocenters. The number of nitrogens with zero attached hydrogens (tertiary/aromatic N) is 4. The molecule has 1 aliphatic heterocycles. The third-order valence-corrected chi connectivity index (χ3v) is 5.72. The van der Waals surface area contributed by atoms with Crippen LogP contribution in [0.4, 0.5) is 5.69 Å². The fourth-order valence-electron chi connectivity index (χ4n) is 4.09. The second kappa shape index (κ2) is 7.05. The number of nitrogens with one attached hydrogen (secondary N) is 1. The van der Waals surface area contributed by atoms with Crippen LogP contribution in [-0.4, -0.2) is 26.1 Å². The van der Waals surface area contributed by atoms with Crippen molar-refractivity contribution in [3.05, 3.63) is 83.9 Å². The maximum atomic E-state index is 13.5. The lowest BCUT2D eigenvalue weighted by Gasteiger charge is -2.27. The quantitative estimate of drug-likeness (QED) is 0.535. The molecule has 0 radical (unpaired) electrons. The zero-order chi connectivity index (χ0) is 20.8. The number of fused-ring (bicyclic) bond motifs is 2. The SMILES string of the molecule is O=C(Nc1cccc(-c2nnnn2C2CC2)c1)C1c2ccccc2Oc2ccccc21. The van der Waals surface area contributed by atoms with E-state index in [0.717, 1.165) is 35.4 Å². The van der Waals surface area contributed by atoms with Crippen LogP contribution in [0.1, 0.15) is 35.9 Å². The van der Waals surface area contributed by atoms with E-state index in [2.05, 4.69) is 20.8 Å². The Kier molecular flexibility index (Phi) is 4.06. The van der Waals surface area contributed by atoms with Gasteiger partial charge in [0.1, 0.15) is 11.5 Å². The molecule has 0 atom stereocenters. The van der Waals surface area contributed by atoms with E-state index in [-0.39, 0.29) is 5.91 Å². The molecular weight excluding hydrogens is 390 g/mol. The minimum absolute atomic E-state index is 0.109. The summed E-state index contributed by atoms with van der Waals surface area (Å²) >= 11 is 0. The minimum Gasteiger partial charge on any atom is -0.457 e. The highest BCUT2D eigenvalue weighted by molar-refractivity contribution is 5.99. The molecule has 6 rings (SSSR count). The van der Waals surface area contributed by atoms with Crippen LogP contribution < -0.4 is 10.1 Å². The Hall–Kier alpha value is -4.00. The van der Waals surface area contributed by atoms with E-state index in [1.807, 2.05) is 77.5 Å². The van der Waals surface area contributed by atoms with Crippen LogP contribution in [-0.2, 0) is 4.79 Å². The number of carbonyl (C=O) groups excluding carboxylic acids is 1. The van der Waals surface area contributed by atoms with Gasteiger partial charge in [0.15, 0.2) is 5.82 Å². The first-order chi connectivity index (χ1) is 15.3. The van der Waals surface area contributed by atoms with Gasteiger partial charge in [0.25, 0.3) is 0 Å². The van der Waals surface area contributed by atoms with Crippen LogP contribution in [0.3, 0.4) is 0 Å². The average molecular weight is 409 g/mol. The Bertz CT molecular complexity index is 1250. The van der Waals surface area contributed by atoms with Crippen molar-refractivity contribution in [2.45, 2.75) is 24.8 Å². The van der Waals surface area contributed by atoms with Gasteiger partial charge in [-0.05, 0) is 47.5 Å². The summed E-state index contributed by atoms with van der Waals surface area (Å²) in [6.07, 6.45) is 2.19. The van der Waals surface area contributed by atoms with E-state index in [1.54, 1.807) is 0 Å². The standard InChI is InChI=1S/C24H19N5O2/c30-24(22-18-8-1-3-10-20(18)31-21-11-4-2-9-19(21)22)25-16-7-5-6-15(14-16)23-26-27-28-29(23)17-12-13-17/h1-11,14,17,22H,12-13H2,(H,25,30). The number of rotatable bonds is 4. The number of carbonyl (C=O) groups is 1. The monoisotopic (exact) mass is 409 g/mol. The van der Waals surface area contributed by atoms with Crippen LogP contribution in [0.5, 0.6) is 11.5 Å². The molecule has 1 amide bonds. The van der Waals surface area contributed by atoms with Crippen LogP contribution in [0.15, 0.2) is 72.8 Å². The normalized spacial score (nSPS) is 15.0. The highest BCUT2D eigenvalue weighted by Gasteiger charge is 2.32. The van der Waals surface area contributed by atoms with E-state index in [0.29, 0.717) is 23.2 Å². The maximum Gasteiger partial charge on any atom is 0.236 e. The van der Waals surface area contributed by atoms with Crippen molar-refractivity contribution in [1.82, 2.24) is 20.2 Å². The van der Waals surface area contributed by atoms with Gasteiger partial charge in [0.05, 0.1) is 12.0 Å². The molecule has 152 valence electrons. The summed E-state index contributed by atoms with van der Waals surface area (Å²) in [6.45, 7) is 0. The number of aromatic nitrogens is 4. The zero-order valence-electron chi connectivity index (χ0n) is 16.6. The van der Waals surface area contributed by atoms with Gasteiger partial charge in [-0.3, -0.25) is 4.79 Å². The second-order valence-electron chi connectivity index (χ2n) is 7.86. The Labute approximate surface area is 178 Å². The number of benzene rings is 3. The molecule has 7 nitrogen and oxygen atoms in total. The summed E-state index contributed by atoms with van der Waals surface area (Å²) in [5.74, 6) is 1.57. The topological polar surface area (TPSA) is 81.9 Å².